The zero-order valence-electron chi connectivity index (χ0n) is 13.5. The van der Waals surface area contributed by atoms with Crippen LogP contribution < -0.4 is 0 Å². The third kappa shape index (κ3) is 3.51. The summed E-state index contributed by atoms with van der Waals surface area (Å²) in [6, 6.07) is 5.29. The number of carbonyl (C=O) groups excluding carboxylic acids is 1. The second kappa shape index (κ2) is 6.92. The number of halogens is 1. The van der Waals surface area contributed by atoms with Gasteiger partial charge in [0.2, 0.25) is 0 Å². The van der Waals surface area contributed by atoms with Crippen LogP contribution in [0.4, 0.5) is 0 Å². The van der Waals surface area contributed by atoms with E-state index in [1.54, 1.807) is 40.9 Å². The largest absolute Gasteiger partial charge is 0.454 e. The fourth-order valence-corrected chi connectivity index (χ4v) is 2.53. The van der Waals surface area contributed by atoms with E-state index in [2.05, 4.69) is 10.2 Å². The predicted octanol–water partition coefficient (Wildman–Crippen LogP) is 2.67. The van der Waals surface area contributed by atoms with Crippen LogP contribution in [0.2, 0.25) is 5.02 Å². The lowest BCUT2D eigenvalue weighted by Gasteiger charge is -2.14. The summed E-state index contributed by atoms with van der Waals surface area (Å²) in [6.07, 6.45) is 5.29. The molecule has 0 unspecified atom stereocenters. The quantitative estimate of drug-likeness (QED) is 0.687. The highest BCUT2D eigenvalue weighted by Crippen LogP contribution is 2.17. The molecule has 0 spiro atoms. The van der Waals surface area contributed by atoms with Gasteiger partial charge in [-0.3, -0.25) is 14.2 Å². The van der Waals surface area contributed by atoms with E-state index in [0.717, 1.165) is 6.54 Å². The van der Waals surface area contributed by atoms with Crippen LogP contribution in [-0.4, -0.2) is 37.4 Å². The molecule has 1 amide bonds. The third-order valence-corrected chi connectivity index (χ3v) is 3.91. The average molecular weight is 348 g/mol. The van der Waals surface area contributed by atoms with E-state index < -0.39 is 0 Å². The van der Waals surface area contributed by atoms with Gasteiger partial charge in [-0.2, -0.15) is 10.2 Å². The summed E-state index contributed by atoms with van der Waals surface area (Å²) in [5.74, 6) is 0.735. The molecule has 7 nitrogen and oxygen atoms in total. The van der Waals surface area contributed by atoms with Crippen molar-refractivity contribution in [2.45, 2.75) is 26.6 Å². The first-order chi connectivity index (χ1) is 11.6. The monoisotopic (exact) mass is 347 g/mol. The molecule has 3 rings (SSSR count). The summed E-state index contributed by atoms with van der Waals surface area (Å²) in [5.41, 5.74) is 0.665. The van der Waals surface area contributed by atoms with Crippen molar-refractivity contribution in [3.05, 3.63) is 59.0 Å². The summed E-state index contributed by atoms with van der Waals surface area (Å²) in [4.78, 5) is 14.0. The van der Waals surface area contributed by atoms with Crippen LogP contribution in [0.3, 0.4) is 0 Å². The first-order valence-electron chi connectivity index (χ1n) is 7.60. The molecule has 24 heavy (non-hydrogen) atoms. The van der Waals surface area contributed by atoms with Crippen molar-refractivity contribution in [3.8, 4) is 0 Å². The minimum Gasteiger partial charge on any atom is -0.454 e. The van der Waals surface area contributed by atoms with Gasteiger partial charge in [-0.15, -0.1) is 0 Å². The van der Waals surface area contributed by atoms with Crippen LogP contribution in [0.25, 0.3) is 0 Å². The minimum atomic E-state index is -0.219. The lowest BCUT2D eigenvalue weighted by molar-refractivity contribution is 0.0749. The maximum atomic E-state index is 12.5. The van der Waals surface area contributed by atoms with Crippen LogP contribution >= 0.6 is 11.6 Å². The van der Waals surface area contributed by atoms with E-state index in [9.17, 15) is 4.79 Å². The lowest BCUT2D eigenvalue weighted by Crippen LogP contribution is -2.26. The Morgan fingerprint density at radius 2 is 2.21 bits per heavy atom. The second-order valence-electron chi connectivity index (χ2n) is 5.41. The fourth-order valence-electron chi connectivity index (χ4n) is 2.32. The van der Waals surface area contributed by atoms with Crippen molar-refractivity contribution in [1.82, 2.24) is 24.5 Å². The summed E-state index contributed by atoms with van der Waals surface area (Å²) in [6.45, 7) is 3.51. The molecule has 0 aliphatic carbocycles. The SMILES string of the molecule is CCn1cc(Cl)c(CN(C)C(=O)c2ccc(Cn3cccn3)o2)n1. The first-order valence-corrected chi connectivity index (χ1v) is 7.98. The van der Waals surface area contributed by atoms with Gasteiger partial charge in [-0.25, -0.2) is 0 Å². The Labute approximate surface area is 144 Å². The molecule has 126 valence electrons. The molecule has 0 N–H and O–H groups in total. The molecular formula is C16H18ClN5O2. The third-order valence-electron chi connectivity index (χ3n) is 3.59. The van der Waals surface area contributed by atoms with E-state index >= 15 is 0 Å². The molecule has 0 aliphatic rings. The number of furan rings is 1. The van der Waals surface area contributed by atoms with Gasteiger partial charge in [-0.1, -0.05) is 11.6 Å². The first kappa shape index (κ1) is 16.3. The Morgan fingerprint density at radius 3 is 2.88 bits per heavy atom. The van der Waals surface area contributed by atoms with Crippen molar-refractivity contribution >= 4 is 17.5 Å². The molecule has 0 atom stereocenters. The van der Waals surface area contributed by atoms with Crippen molar-refractivity contribution in [2.75, 3.05) is 7.05 Å². The van der Waals surface area contributed by atoms with E-state index in [1.165, 1.54) is 4.90 Å². The smallest absolute Gasteiger partial charge is 0.289 e. The number of nitrogens with zero attached hydrogens (tertiary/aromatic N) is 5. The number of amides is 1. The molecule has 3 aromatic rings. The van der Waals surface area contributed by atoms with Gasteiger partial charge in [0, 0.05) is 32.2 Å². The van der Waals surface area contributed by atoms with E-state index in [1.807, 2.05) is 19.2 Å². The highest BCUT2D eigenvalue weighted by molar-refractivity contribution is 6.31. The molecule has 3 heterocycles. The maximum Gasteiger partial charge on any atom is 0.289 e. The van der Waals surface area contributed by atoms with Gasteiger partial charge in [0.25, 0.3) is 5.91 Å². The number of aromatic nitrogens is 4. The average Bonchev–Trinajstić information content (AvgIpc) is 3.30. The van der Waals surface area contributed by atoms with Crippen molar-refractivity contribution in [1.29, 1.82) is 0 Å². The standard InChI is InChI=1S/C16H18ClN5O2/c1-3-21-10-13(17)14(19-21)11-20(2)16(23)15-6-5-12(24-15)9-22-8-4-7-18-22/h4-8,10H,3,9,11H2,1-2H3. The summed E-state index contributed by atoms with van der Waals surface area (Å²) >= 11 is 6.15. The number of hydrogen-bond acceptors (Lipinski definition) is 4. The molecule has 0 saturated heterocycles. The molecule has 0 bridgehead atoms. The molecule has 3 aromatic heterocycles. The summed E-state index contributed by atoms with van der Waals surface area (Å²) < 4.78 is 9.09. The van der Waals surface area contributed by atoms with Crippen molar-refractivity contribution < 1.29 is 9.21 Å². The number of carbonyl (C=O) groups is 1. The predicted molar refractivity (Wildman–Crippen MR) is 88.7 cm³/mol. The van der Waals surface area contributed by atoms with Crippen LogP contribution in [0.5, 0.6) is 0 Å². The van der Waals surface area contributed by atoms with E-state index in [4.69, 9.17) is 16.0 Å². The van der Waals surface area contributed by atoms with E-state index in [-0.39, 0.29) is 11.7 Å². The normalized spacial score (nSPS) is 11.0. The van der Waals surface area contributed by atoms with Gasteiger partial charge < -0.3 is 9.32 Å². The van der Waals surface area contributed by atoms with Crippen LogP contribution in [0.1, 0.15) is 28.9 Å². The zero-order chi connectivity index (χ0) is 17.1. The van der Waals surface area contributed by atoms with Gasteiger partial charge in [0.15, 0.2) is 5.76 Å². The van der Waals surface area contributed by atoms with Gasteiger partial charge in [0.1, 0.15) is 11.5 Å². The van der Waals surface area contributed by atoms with Crippen LogP contribution in [-0.2, 0) is 19.6 Å². The summed E-state index contributed by atoms with van der Waals surface area (Å²) in [5, 5.41) is 9.01. The zero-order valence-corrected chi connectivity index (χ0v) is 14.3. The Morgan fingerprint density at radius 1 is 1.38 bits per heavy atom. The van der Waals surface area contributed by atoms with Crippen LogP contribution in [0, 0.1) is 0 Å². The topological polar surface area (TPSA) is 69.1 Å². The van der Waals surface area contributed by atoms with Gasteiger partial charge in [-0.05, 0) is 25.1 Å². The molecule has 0 fully saturated rings. The van der Waals surface area contributed by atoms with Crippen LogP contribution in [0.15, 0.2) is 41.2 Å². The lowest BCUT2D eigenvalue weighted by atomic mass is 10.3. The molecule has 0 saturated carbocycles. The Kier molecular flexibility index (Phi) is 4.71. The van der Waals surface area contributed by atoms with Gasteiger partial charge in [0.05, 0.1) is 18.1 Å². The molecule has 0 aliphatic heterocycles. The molecule has 8 heteroatoms. The fraction of sp³-hybridized carbons (Fsp3) is 0.312. The maximum absolute atomic E-state index is 12.5. The number of hydrogen-bond donors (Lipinski definition) is 0. The highest BCUT2D eigenvalue weighted by atomic mass is 35.5. The molecular weight excluding hydrogens is 330 g/mol. The minimum absolute atomic E-state index is 0.219. The summed E-state index contributed by atoms with van der Waals surface area (Å²) in [7, 11) is 1.69. The van der Waals surface area contributed by atoms with E-state index in [0.29, 0.717) is 29.6 Å². The second-order valence-corrected chi connectivity index (χ2v) is 5.82. The van der Waals surface area contributed by atoms with Crippen molar-refractivity contribution in [3.63, 3.8) is 0 Å². The number of aryl methyl sites for hydroxylation is 1. The Bertz CT molecular complexity index is 822. The Balaban J connectivity index is 1.67. The number of rotatable bonds is 6. The molecule has 0 radical (unpaired) electrons. The highest BCUT2D eigenvalue weighted by Gasteiger charge is 2.19. The van der Waals surface area contributed by atoms with Gasteiger partial charge >= 0.3 is 0 Å². The Hall–Kier alpha value is -2.54. The van der Waals surface area contributed by atoms with Crippen molar-refractivity contribution in [2.24, 2.45) is 0 Å². The molecule has 0 aromatic carbocycles.